The van der Waals surface area contributed by atoms with Crippen molar-refractivity contribution in [2.75, 3.05) is 17.2 Å². The number of rotatable bonds is 6. The first-order chi connectivity index (χ1) is 15.4. The van der Waals surface area contributed by atoms with Crippen LogP contribution in [0.25, 0.3) is 0 Å². The molecule has 0 bridgehead atoms. The van der Waals surface area contributed by atoms with E-state index in [1.165, 1.54) is 6.33 Å². The predicted octanol–water partition coefficient (Wildman–Crippen LogP) is 5.37. The fourth-order valence-electron chi connectivity index (χ4n) is 3.83. The first kappa shape index (κ1) is 22.1. The average molecular weight is 496 g/mol. The van der Waals surface area contributed by atoms with Gasteiger partial charge in [-0.25, -0.2) is 4.68 Å². The Balaban J connectivity index is 1.82. The summed E-state index contributed by atoms with van der Waals surface area (Å²) < 4.78 is 8.67. The van der Waals surface area contributed by atoms with E-state index in [4.69, 9.17) is 4.74 Å². The van der Waals surface area contributed by atoms with Crippen LogP contribution >= 0.6 is 15.9 Å². The largest absolute Gasteiger partial charge is 0.493 e. The third kappa shape index (κ3) is 4.14. The maximum atomic E-state index is 13.6. The molecule has 0 spiro atoms. The molecule has 0 saturated heterocycles. The van der Waals surface area contributed by atoms with Crippen molar-refractivity contribution in [3.63, 3.8) is 0 Å². The van der Waals surface area contributed by atoms with Crippen molar-refractivity contribution in [3.05, 3.63) is 75.2 Å². The van der Waals surface area contributed by atoms with Gasteiger partial charge in [-0.05, 0) is 62.6 Å². The molecule has 1 unspecified atom stereocenters. The number of hydrogen-bond donors (Lipinski definition) is 2. The van der Waals surface area contributed by atoms with Gasteiger partial charge >= 0.3 is 0 Å². The van der Waals surface area contributed by atoms with E-state index in [0.717, 1.165) is 39.0 Å². The maximum absolute atomic E-state index is 13.6. The highest BCUT2D eigenvalue weighted by Crippen LogP contribution is 2.40. The van der Waals surface area contributed by atoms with Crippen molar-refractivity contribution in [2.24, 2.45) is 0 Å². The second-order valence-electron chi connectivity index (χ2n) is 7.83. The van der Waals surface area contributed by atoms with Gasteiger partial charge in [-0.3, -0.25) is 4.79 Å². The molecule has 1 amide bonds. The Morgan fingerprint density at radius 1 is 1.25 bits per heavy atom. The summed E-state index contributed by atoms with van der Waals surface area (Å²) in [5.74, 6) is 1.10. The van der Waals surface area contributed by atoms with Gasteiger partial charge in [-0.15, -0.1) is 0 Å². The second-order valence-corrected chi connectivity index (χ2v) is 8.74. The Kier molecular flexibility index (Phi) is 6.32. The van der Waals surface area contributed by atoms with Gasteiger partial charge in [0, 0.05) is 21.4 Å². The van der Waals surface area contributed by atoms with E-state index in [-0.39, 0.29) is 5.91 Å². The number of halogens is 1. The molecule has 32 heavy (non-hydrogen) atoms. The Hall–Kier alpha value is -3.13. The monoisotopic (exact) mass is 495 g/mol. The third-order valence-corrected chi connectivity index (χ3v) is 6.11. The lowest BCUT2D eigenvalue weighted by Crippen LogP contribution is -2.32. The molecule has 0 radical (unpaired) electrons. The molecule has 2 aromatic carbocycles. The number of anilines is 2. The molecule has 0 aliphatic carbocycles. The van der Waals surface area contributed by atoms with Crippen LogP contribution in [0.4, 0.5) is 11.6 Å². The second kappa shape index (κ2) is 9.16. The molecule has 1 aliphatic rings. The fraction of sp³-hybridized carbons (Fsp3) is 0.292. The minimum absolute atomic E-state index is 0.198. The molecular weight excluding hydrogens is 470 g/mol. The van der Waals surface area contributed by atoms with Crippen LogP contribution in [-0.4, -0.2) is 27.3 Å². The van der Waals surface area contributed by atoms with Crippen LogP contribution in [0.1, 0.15) is 43.0 Å². The smallest absolute Gasteiger partial charge is 0.255 e. The average Bonchev–Trinajstić information content (AvgIpc) is 3.23. The van der Waals surface area contributed by atoms with Crippen LogP contribution in [0, 0.1) is 13.8 Å². The Morgan fingerprint density at radius 2 is 2.06 bits per heavy atom. The number of aromatic nitrogens is 3. The highest BCUT2D eigenvalue weighted by atomic mass is 79.9. The summed E-state index contributed by atoms with van der Waals surface area (Å²) >= 11 is 3.57. The van der Waals surface area contributed by atoms with Crippen LogP contribution in [0.2, 0.25) is 0 Å². The van der Waals surface area contributed by atoms with Crippen molar-refractivity contribution in [2.45, 2.75) is 40.2 Å². The lowest BCUT2D eigenvalue weighted by molar-refractivity contribution is -0.113. The number of nitrogens with one attached hydrogen (secondary N) is 2. The number of nitrogens with zero attached hydrogens (tertiary/aromatic N) is 3. The third-order valence-electron chi connectivity index (χ3n) is 5.62. The highest BCUT2D eigenvalue weighted by Gasteiger charge is 2.35. The summed E-state index contributed by atoms with van der Waals surface area (Å²) in [5.41, 5.74) is 5.06. The minimum Gasteiger partial charge on any atom is -0.493 e. The van der Waals surface area contributed by atoms with Gasteiger partial charge in [0.25, 0.3) is 5.91 Å². The summed E-state index contributed by atoms with van der Waals surface area (Å²) in [7, 11) is 0. The molecule has 0 fully saturated rings. The van der Waals surface area contributed by atoms with Crippen molar-refractivity contribution < 1.29 is 9.53 Å². The predicted molar refractivity (Wildman–Crippen MR) is 129 cm³/mol. The number of carbonyl (C=O) groups is 1. The van der Waals surface area contributed by atoms with Gasteiger partial charge < -0.3 is 15.4 Å². The number of benzene rings is 2. The van der Waals surface area contributed by atoms with E-state index < -0.39 is 6.04 Å². The van der Waals surface area contributed by atoms with Gasteiger partial charge in [-0.1, -0.05) is 35.0 Å². The first-order valence-electron chi connectivity index (χ1n) is 10.6. The van der Waals surface area contributed by atoms with E-state index >= 15 is 0 Å². The molecule has 166 valence electrons. The van der Waals surface area contributed by atoms with E-state index in [1.54, 1.807) is 4.68 Å². The molecule has 0 saturated carbocycles. The quantitative estimate of drug-likeness (QED) is 0.480. The van der Waals surface area contributed by atoms with Crippen LogP contribution in [-0.2, 0) is 4.79 Å². The zero-order valence-electron chi connectivity index (χ0n) is 18.6. The van der Waals surface area contributed by atoms with Gasteiger partial charge in [0.15, 0.2) is 0 Å². The lowest BCUT2D eigenvalue weighted by Gasteiger charge is -2.30. The number of carbonyl (C=O) groups excluding carboxylic acids is 1. The molecule has 8 heteroatoms. The number of fused-ring (bicyclic) bond motifs is 1. The summed E-state index contributed by atoms with van der Waals surface area (Å²) in [6.07, 6.45) is 2.36. The highest BCUT2D eigenvalue weighted by molar-refractivity contribution is 9.10. The minimum atomic E-state index is -0.497. The van der Waals surface area contributed by atoms with Crippen molar-refractivity contribution >= 4 is 33.5 Å². The summed E-state index contributed by atoms with van der Waals surface area (Å²) in [5, 5.41) is 10.7. The fourth-order valence-corrected chi connectivity index (χ4v) is 4.20. The summed E-state index contributed by atoms with van der Waals surface area (Å²) in [6.45, 7) is 8.56. The number of aryl methyl sites for hydroxylation is 1. The normalized spacial score (nSPS) is 15.2. The van der Waals surface area contributed by atoms with Crippen LogP contribution in [0.15, 0.2) is 58.5 Å². The topological polar surface area (TPSA) is 81.1 Å². The first-order valence-corrected chi connectivity index (χ1v) is 11.4. The number of hydrogen-bond acceptors (Lipinski definition) is 5. The molecule has 1 aromatic heterocycles. The van der Waals surface area contributed by atoms with Gasteiger partial charge in [0.1, 0.15) is 18.1 Å². The molecule has 2 heterocycles. The van der Waals surface area contributed by atoms with E-state index in [2.05, 4.69) is 43.6 Å². The zero-order chi connectivity index (χ0) is 22.8. The number of amides is 1. The van der Waals surface area contributed by atoms with Crippen LogP contribution < -0.4 is 15.4 Å². The number of ether oxygens (including phenoxy) is 1. The lowest BCUT2D eigenvalue weighted by atomic mass is 9.94. The van der Waals surface area contributed by atoms with Crippen LogP contribution in [0.5, 0.6) is 5.75 Å². The Bertz CT molecular complexity index is 1200. The molecule has 2 N–H and O–H groups in total. The van der Waals surface area contributed by atoms with Gasteiger partial charge in [-0.2, -0.15) is 10.1 Å². The molecule has 4 rings (SSSR count). The molecule has 3 aromatic rings. The SMILES string of the molecule is CCCOc1ccc(Br)cc1C1C(C(=O)Nc2cccc(C)c2C)=C(C)Nc2ncnn21. The van der Waals surface area contributed by atoms with Gasteiger partial charge in [0.05, 0.1) is 12.2 Å². The van der Waals surface area contributed by atoms with E-state index in [0.29, 0.717) is 23.9 Å². The van der Waals surface area contributed by atoms with Crippen molar-refractivity contribution in [1.82, 2.24) is 14.8 Å². The molecule has 1 aliphatic heterocycles. The van der Waals surface area contributed by atoms with E-state index in [1.807, 2.05) is 57.2 Å². The van der Waals surface area contributed by atoms with Crippen molar-refractivity contribution in [3.8, 4) is 5.75 Å². The van der Waals surface area contributed by atoms with Crippen molar-refractivity contribution in [1.29, 1.82) is 0 Å². The summed E-state index contributed by atoms with van der Waals surface area (Å²) in [4.78, 5) is 18.0. The summed E-state index contributed by atoms with van der Waals surface area (Å²) in [6, 6.07) is 11.2. The molecule has 1 atom stereocenters. The standard InChI is InChI=1S/C24H26BrN5O2/c1-5-11-32-20-10-9-17(25)12-18(20)22-21(16(4)28-24-26-13-27-30(22)24)23(31)29-19-8-6-7-14(2)15(19)3/h6-10,12-13,22H,5,11H2,1-4H3,(H,29,31)(H,26,27,28). The Labute approximate surface area is 196 Å². The zero-order valence-corrected chi connectivity index (χ0v) is 20.2. The maximum Gasteiger partial charge on any atom is 0.255 e. The number of allylic oxidation sites excluding steroid dienone is 1. The Morgan fingerprint density at radius 3 is 2.84 bits per heavy atom. The van der Waals surface area contributed by atoms with E-state index in [9.17, 15) is 4.79 Å². The van der Waals surface area contributed by atoms with Crippen LogP contribution in [0.3, 0.4) is 0 Å². The molecular formula is C24H26BrN5O2. The molecule has 7 nitrogen and oxygen atoms in total. The van der Waals surface area contributed by atoms with Gasteiger partial charge in [0.2, 0.25) is 5.95 Å².